The number of allylic oxidation sites excluding steroid dienone is 3. The molecule has 9 heteroatoms. The fraction of sp³-hybridized carbons (Fsp3) is 0.588. The molecule has 0 saturated carbocycles. The van der Waals surface area contributed by atoms with E-state index in [1.54, 1.807) is 20.8 Å². The number of amides is 1. The molecule has 0 aromatic rings. The summed E-state index contributed by atoms with van der Waals surface area (Å²) in [5, 5.41) is 0. The zero-order valence-electron chi connectivity index (χ0n) is 15.6. The smallest absolute Gasteiger partial charge is 0.410 e. The van der Waals surface area contributed by atoms with Crippen molar-refractivity contribution < 1.29 is 30.9 Å². The summed E-state index contributed by atoms with van der Waals surface area (Å²) < 4.78 is 60.0. The van der Waals surface area contributed by atoms with Crippen molar-refractivity contribution in [2.24, 2.45) is 0 Å². The molecule has 6 nitrogen and oxygen atoms in total. The van der Waals surface area contributed by atoms with Crippen LogP contribution in [0.1, 0.15) is 34.1 Å². The Morgan fingerprint density at radius 2 is 1.85 bits per heavy atom. The molecule has 0 spiro atoms. The van der Waals surface area contributed by atoms with E-state index in [1.807, 2.05) is 0 Å². The highest BCUT2D eigenvalue weighted by molar-refractivity contribution is 7.86. The molecule has 1 heterocycles. The van der Waals surface area contributed by atoms with Crippen molar-refractivity contribution in [1.29, 1.82) is 0 Å². The molecule has 2 atom stereocenters. The molecule has 0 radical (unpaired) electrons. The molecule has 1 rings (SSSR count). The maximum Gasteiger partial charge on any atom is 0.410 e. The average Bonchev–Trinajstić information content (AvgIpc) is 2.83. The average molecular weight is 393 g/mol. The Kier molecular flexibility index (Phi) is 7.12. The summed E-state index contributed by atoms with van der Waals surface area (Å²) in [6.45, 7) is 9.70. The third kappa shape index (κ3) is 7.25. The molecule has 0 N–H and O–H groups in total. The molecule has 1 fully saturated rings. The minimum absolute atomic E-state index is 0.0186. The Labute approximate surface area is 153 Å². The normalized spacial score (nSPS) is 22.5. The van der Waals surface area contributed by atoms with Gasteiger partial charge in [-0.3, -0.25) is 9.08 Å². The van der Waals surface area contributed by atoms with Gasteiger partial charge in [0.25, 0.3) is 10.1 Å². The highest BCUT2D eigenvalue weighted by atomic mass is 32.2. The van der Waals surface area contributed by atoms with E-state index >= 15 is 0 Å². The molecule has 1 saturated heterocycles. The second kappa shape index (κ2) is 8.30. The van der Waals surface area contributed by atoms with Crippen LogP contribution >= 0.6 is 0 Å². The number of carbonyl (C=O) groups is 1. The summed E-state index contributed by atoms with van der Waals surface area (Å²) in [4.78, 5) is 13.6. The summed E-state index contributed by atoms with van der Waals surface area (Å²) in [6, 6.07) is -0.874. The van der Waals surface area contributed by atoms with Crippen molar-refractivity contribution in [2.75, 3.05) is 12.8 Å². The number of ether oxygens (including phenoxy) is 1. The van der Waals surface area contributed by atoms with Crippen molar-refractivity contribution in [3.05, 3.63) is 36.0 Å². The van der Waals surface area contributed by atoms with Crippen LogP contribution in [0.25, 0.3) is 0 Å². The van der Waals surface area contributed by atoms with Crippen LogP contribution in [0.3, 0.4) is 0 Å². The third-order valence-corrected chi connectivity index (χ3v) is 3.99. The van der Waals surface area contributed by atoms with E-state index in [4.69, 9.17) is 8.92 Å². The van der Waals surface area contributed by atoms with Crippen molar-refractivity contribution in [3.63, 3.8) is 0 Å². The Bertz CT molecular complexity index is 718. The second-order valence-electron chi connectivity index (χ2n) is 7.10. The fourth-order valence-corrected chi connectivity index (χ4v) is 3.06. The van der Waals surface area contributed by atoms with Gasteiger partial charge < -0.3 is 4.74 Å². The van der Waals surface area contributed by atoms with Crippen molar-refractivity contribution in [1.82, 2.24) is 4.90 Å². The number of hydrogen-bond donors (Lipinski definition) is 0. The number of rotatable bonds is 5. The van der Waals surface area contributed by atoms with Gasteiger partial charge in [0.15, 0.2) is 0 Å². The molecule has 1 aliphatic heterocycles. The fourth-order valence-electron chi connectivity index (χ4n) is 2.42. The molecule has 0 aliphatic carbocycles. The second-order valence-corrected chi connectivity index (χ2v) is 8.70. The van der Waals surface area contributed by atoms with Crippen LogP contribution in [0.4, 0.5) is 13.6 Å². The van der Waals surface area contributed by atoms with Gasteiger partial charge in [0.05, 0.1) is 30.8 Å². The molecule has 148 valence electrons. The molecule has 0 unspecified atom stereocenters. The van der Waals surface area contributed by atoms with Gasteiger partial charge in [-0.25, -0.2) is 13.6 Å². The van der Waals surface area contributed by atoms with Crippen molar-refractivity contribution >= 4 is 16.2 Å². The lowest BCUT2D eigenvalue weighted by atomic mass is 10.0. The van der Waals surface area contributed by atoms with Crippen molar-refractivity contribution in [3.8, 4) is 0 Å². The monoisotopic (exact) mass is 393 g/mol. The van der Waals surface area contributed by atoms with E-state index in [0.29, 0.717) is 0 Å². The lowest BCUT2D eigenvalue weighted by molar-refractivity contribution is 0.0234. The Hall–Kier alpha value is -1.74. The minimum Gasteiger partial charge on any atom is -0.444 e. The van der Waals surface area contributed by atoms with Gasteiger partial charge in [-0.1, -0.05) is 6.58 Å². The van der Waals surface area contributed by atoms with E-state index in [0.717, 1.165) is 25.3 Å². The first kappa shape index (κ1) is 22.3. The van der Waals surface area contributed by atoms with E-state index in [1.165, 1.54) is 4.90 Å². The third-order valence-electron chi connectivity index (χ3n) is 3.37. The van der Waals surface area contributed by atoms with Gasteiger partial charge in [0.2, 0.25) is 0 Å². The Morgan fingerprint density at radius 3 is 2.31 bits per heavy atom. The number of hydrogen-bond acceptors (Lipinski definition) is 5. The first-order valence-electron chi connectivity index (χ1n) is 7.96. The summed E-state index contributed by atoms with van der Waals surface area (Å²) in [6.07, 6.45) is 1.14. The van der Waals surface area contributed by atoms with E-state index < -0.39 is 45.6 Å². The van der Waals surface area contributed by atoms with Crippen LogP contribution in [-0.4, -0.2) is 50.0 Å². The predicted molar refractivity (Wildman–Crippen MR) is 94.3 cm³/mol. The SMILES string of the molecule is C=C(/C(F)=C\C=C(/C)F)[C@H]1C[C@@H](OS(C)(=O)=O)CN1C(=O)OC(C)(C)C. The minimum atomic E-state index is -3.76. The van der Waals surface area contributed by atoms with E-state index in [9.17, 15) is 22.0 Å². The first-order valence-corrected chi connectivity index (χ1v) is 9.78. The van der Waals surface area contributed by atoms with Gasteiger partial charge in [0.1, 0.15) is 11.4 Å². The van der Waals surface area contributed by atoms with E-state index in [2.05, 4.69) is 6.58 Å². The number of halogens is 2. The quantitative estimate of drug-likeness (QED) is 0.527. The summed E-state index contributed by atoms with van der Waals surface area (Å²) in [5.74, 6) is -1.41. The van der Waals surface area contributed by atoms with Crippen LogP contribution in [0.2, 0.25) is 0 Å². The van der Waals surface area contributed by atoms with Crippen molar-refractivity contribution in [2.45, 2.75) is 51.9 Å². The predicted octanol–water partition coefficient (Wildman–Crippen LogP) is 3.62. The Morgan fingerprint density at radius 1 is 1.27 bits per heavy atom. The van der Waals surface area contributed by atoms with Gasteiger partial charge in [0, 0.05) is 12.0 Å². The topological polar surface area (TPSA) is 72.9 Å². The maximum atomic E-state index is 14.3. The first-order chi connectivity index (χ1) is 11.7. The molecule has 0 aromatic heterocycles. The number of likely N-dealkylation sites (tertiary alicyclic amines) is 1. The highest BCUT2D eigenvalue weighted by Crippen LogP contribution is 2.31. The molecule has 0 bridgehead atoms. The zero-order valence-corrected chi connectivity index (χ0v) is 16.4. The maximum absolute atomic E-state index is 14.3. The molecule has 1 aliphatic rings. The summed E-state index contributed by atoms with van der Waals surface area (Å²) in [7, 11) is -3.76. The van der Waals surface area contributed by atoms with E-state index in [-0.39, 0.29) is 18.5 Å². The molecular weight excluding hydrogens is 368 g/mol. The Balaban J connectivity index is 3.09. The molecule has 26 heavy (non-hydrogen) atoms. The van der Waals surface area contributed by atoms with Gasteiger partial charge in [-0.15, -0.1) is 0 Å². The van der Waals surface area contributed by atoms with Crippen LogP contribution in [0.15, 0.2) is 36.0 Å². The lowest BCUT2D eigenvalue weighted by Gasteiger charge is -2.29. The zero-order chi connectivity index (χ0) is 20.3. The summed E-state index contributed by atoms with van der Waals surface area (Å²) in [5.41, 5.74) is -0.880. The number of nitrogens with zero attached hydrogens (tertiary/aromatic N) is 1. The molecule has 1 amide bonds. The van der Waals surface area contributed by atoms with Crippen LogP contribution < -0.4 is 0 Å². The largest absolute Gasteiger partial charge is 0.444 e. The van der Waals surface area contributed by atoms with Gasteiger partial charge in [-0.2, -0.15) is 8.42 Å². The van der Waals surface area contributed by atoms with Gasteiger partial charge >= 0.3 is 6.09 Å². The van der Waals surface area contributed by atoms with Crippen LogP contribution in [0.5, 0.6) is 0 Å². The molecular formula is C17H25F2NO5S. The van der Waals surface area contributed by atoms with Gasteiger partial charge in [-0.05, 0) is 39.8 Å². The van der Waals surface area contributed by atoms with Crippen LogP contribution in [-0.2, 0) is 19.0 Å². The summed E-state index contributed by atoms with van der Waals surface area (Å²) >= 11 is 0. The number of carbonyl (C=O) groups excluding carboxylic acids is 1. The van der Waals surface area contributed by atoms with Crippen LogP contribution in [0, 0.1) is 0 Å². The standard InChI is InChI=1S/C17H25F2NO5S/c1-11(18)7-8-14(19)12(2)15-9-13(25-26(6,22)23)10-20(15)16(21)24-17(3,4)5/h7-8,13,15H,2,9-10H2,1,3-6H3/b11-7+,14-8+/t13-,15-/m1/s1. The lowest BCUT2D eigenvalue weighted by Crippen LogP contribution is -2.41. The molecule has 0 aromatic carbocycles. The highest BCUT2D eigenvalue weighted by Gasteiger charge is 2.41.